The van der Waals surface area contributed by atoms with Crippen LogP contribution in [0.5, 0.6) is 0 Å². The van der Waals surface area contributed by atoms with Crippen molar-refractivity contribution >= 4 is 5.78 Å². The molecular formula is C30H48O3. The second-order valence-corrected chi connectivity index (χ2v) is 13.9. The van der Waals surface area contributed by atoms with Gasteiger partial charge in [0.05, 0.1) is 11.7 Å². The van der Waals surface area contributed by atoms with Gasteiger partial charge in [-0.3, -0.25) is 4.79 Å². The fourth-order valence-electron chi connectivity index (χ4n) is 8.73. The summed E-state index contributed by atoms with van der Waals surface area (Å²) in [7, 11) is 0. The Kier molecular flexibility index (Phi) is 5.94. The number of rotatable bonds is 5. The van der Waals surface area contributed by atoms with Crippen molar-refractivity contribution in [1.29, 1.82) is 0 Å². The zero-order valence-corrected chi connectivity index (χ0v) is 22.4. The van der Waals surface area contributed by atoms with Crippen molar-refractivity contribution in [3.8, 4) is 0 Å². The fourth-order valence-corrected chi connectivity index (χ4v) is 8.73. The molecule has 0 radical (unpaired) electrons. The molecule has 3 heteroatoms. The van der Waals surface area contributed by atoms with Gasteiger partial charge in [0.1, 0.15) is 5.78 Å². The smallest absolute Gasteiger partial charge is 0.138 e. The van der Waals surface area contributed by atoms with E-state index in [9.17, 15) is 15.0 Å². The maximum atomic E-state index is 12.8. The van der Waals surface area contributed by atoms with Crippen LogP contribution in [0.4, 0.5) is 0 Å². The number of allylic oxidation sites excluding steroid dienone is 4. The first-order valence-electron chi connectivity index (χ1n) is 13.4. The summed E-state index contributed by atoms with van der Waals surface area (Å²) in [5.74, 6) is 1.97. The summed E-state index contributed by atoms with van der Waals surface area (Å²) in [5, 5.41) is 20.5. The van der Waals surface area contributed by atoms with Gasteiger partial charge < -0.3 is 10.2 Å². The molecule has 0 bridgehead atoms. The highest BCUT2D eigenvalue weighted by atomic mass is 16.3. The largest absolute Gasteiger partial charge is 0.390 e. The van der Waals surface area contributed by atoms with E-state index in [1.807, 2.05) is 0 Å². The van der Waals surface area contributed by atoms with E-state index in [1.54, 1.807) is 25.0 Å². The number of carbonyl (C=O) groups excluding carboxylic acids is 1. The van der Waals surface area contributed by atoms with Crippen LogP contribution in [0.15, 0.2) is 23.3 Å². The van der Waals surface area contributed by atoms with E-state index in [4.69, 9.17) is 0 Å². The Labute approximate surface area is 202 Å². The first-order chi connectivity index (χ1) is 15.1. The molecule has 0 unspecified atom stereocenters. The van der Waals surface area contributed by atoms with Crippen LogP contribution < -0.4 is 0 Å². The quantitative estimate of drug-likeness (QED) is 0.488. The predicted molar refractivity (Wildman–Crippen MR) is 135 cm³/mol. The molecule has 0 aromatic heterocycles. The maximum Gasteiger partial charge on any atom is 0.138 e. The van der Waals surface area contributed by atoms with Crippen molar-refractivity contribution in [3.63, 3.8) is 0 Å². The third-order valence-electron chi connectivity index (χ3n) is 11.5. The van der Waals surface area contributed by atoms with Gasteiger partial charge in [-0.1, -0.05) is 53.7 Å². The minimum Gasteiger partial charge on any atom is -0.390 e. The van der Waals surface area contributed by atoms with Crippen LogP contribution in [-0.4, -0.2) is 27.7 Å². The van der Waals surface area contributed by atoms with E-state index in [2.05, 4.69) is 53.7 Å². The fraction of sp³-hybridized carbons (Fsp3) is 0.833. The summed E-state index contributed by atoms with van der Waals surface area (Å²) in [4.78, 5) is 12.8. The maximum absolute atomic E-state index is 12.8. The van der Waals surface area contributed by atoms with Gasteiger partial charge in [0.25, 0.3) is 0 Å². The van der Waals surface area contributed by atoms with Crippen molar-refractivity contribution < 1.29 is 15.0 Å². The molecule has 4 aliphatic rings. The lowest BCUT2D eigenvalue weighted by Crippen LogP contribution is -2.53. The topological polar surface area (TPSA) is 57.5 Å². The van der Waals surface area contributed by atoms with E-state index >= 15 is 0 Å². The molecule has 0 heterocycles. The van der Waals surface area contributed by atoms with Gasteiger partial charge in [0, 0.05) is 11.8 Å². The molecule has 4 aliphatic carbocycles. The third kappa shape index (κ3) is 3.54. The highest BCUT2D eigenvalue weighted by molar-refractivity contribution is 5.86. The zero-order valence-electron chi connectivity index (χ0n) is 22.4. The van der Waals surface area contributed by atoms with Crippen LogP contribution in [0.1, 0.15) is 107 Å². The van der Waals surface area contributed by atoms with Gasteiger partial charge in [0.15, 0.2) is 0 Å². The van der Waals surface area contributed by atoms with Crippen molar-refractivity contribution in [2.45, 2.75) is 118 Å². The number of ketones is 1. The molecule has 4 rings (SSSR count). The molecule has 186 valence electrons. The minimum atomic E-state index is -1.04. The van der Waals surface area contributed by atoms with E-state index in [0.29, 0.717) is 36.4 Å². The Morgan fingerprint density at radius 3 is 2.36 bits per heavy atom. The molecule has 33 heavy (non-hydrogen) atoms. The number of hydrogen-bond donors (Lipinski definition) is 2. The number of Topliss-reactive ketones (excluding diaryl/α,β-unsaturated/α-hetero) is 1. The van der Waals surface area contributed by atoms with Gasteiger partial charge in [-0.25, -0.2) is 0 Å². The average molecular weight is 457 g/mol. The lowest BCUT2D eigenvalue weighted by molar-refractivity contribution is -0.138. The number of carbonyl (C=O) groups is 1. The van der Waals surface area contributed by atoms with Crippen molar-refractivity contribution in [3.05, 3.63) is 23.3 Å². The van der Waals surface area contributed by atoms with Gasteiger partial charge in [-0.05, 0) is 104 Å². The molecule has 2 saturated carbocycles. The summed E-state index contributed by atoms with van der Waals surface area (Å²) in [6, 6.07) is 0. The lowest BCUT2D eigenvalue weighted by atomic mass is 9.44. The molecule has 0 aliphatic heterocycles. The second-order valence-electron chi connectivity index (χ2n) is 13.9. The number of hydrogen-bond acceptors (Lipinski definition) is 3. The highest BCUT2D eigenvalue weighted by Crippen LogP contribution is 2.71. The summed E-state index contributed by atoms with van der Waals surface area (Å²) in [6.07, 6.45) is 12.3. The van der Waals surface area contributed by atoms with E-state index in [1.165, 1.54) is 12.8 Å². The van der Waals surface area contributed by atoms with Crippen LogP contribution in [0.3, 0.4) is 0 Å². The summed E-state index contributed by atoms with van der Waals surface area (Å²) in [6.45, 7) is 17.6. The predicted octanol–water partition coefficient (Wildman–Crippen LogP) is 6.63. The number of aliphatic hydroxyl groups is 2. The van der Waals surface area contributed by atoms with Crippen LogP contribution >= 0.6 is 0 Å². The first-order valence-corrected chi connectivity index (χ1v) is 13.4. The Balaban J connectivity index is 1.62. The Morgan fingerprint density at radius 2 is 1.73 bits per heavy atom. The lowest BCUT2D eigenvalue weighted by Gasteiger charge is -2.59. The van der Waals surface area contributed by atoms with E-state index < -0.39 is 11.7 Å². The van der Waals surface area contributed by atoms with E-state index in [0.717, 1.165) is 25.7 Å². The van der Waals surface area contributed by atoms with Crippen LogP contribution in [0, 0.1) is 39.4 Å². The van der Waals surface area contributed by atoms with Crippen LogP contribution in [0.25, 0.3) is 0 Å². The minimum absolute atomic E-state index is 0.104. The average Bonchev–Trinajstić information content (AvgIpc) is 3.00. The Hall–Kier alpha value is -0.930. The van der Waals surface area contributed by atoms with E-state index in [-0.39, 0.29) is 21.7 Å². The Bertz CT molecular complexity index is 873. The Morgan fingerprint density at radius 1 is 1.06 bits per heavy atom. The van der Waals surface area contributed by atoms with Gasteiger partial charge in [-0.15, -0.1) is 0 Å². The second kappa shape index (κ2) is 7.79. The van der Waals surface area contributed by atoms with Crippen molar-refractivity contribution in [1.82, 2.24) is 0 Å². The molecule has 2 fully saturated rings. The SMILES string of the molecule is C[C@H](CC[C@H](O)C(C)(C)O)[C@H]1CC[C@@]2(C)C3=CC[C@@H]4C(C)(C)C(=O)CC[C@]4(C)C3=CC[C@]12C. The molecule has 0 amide bonds. The normalized spacial score (nSPS) is 41.9. The molecule has 3 nitrogen and oxygen atoms in total. The third-order valence-corrected chi connectivity index (χ3v) is 11.5. The van der Waals surface area contributed by atoms with Gasteiger partial charge in [0.2, 0.25) is 0 Å². The highest BCUT2D eigenvalue weighted by Gasteiger charge is 2.63. The molecule has 7 atom stereocenters. The number of fused-ring (bicyclic) bond motifs is 5. The molecule has 2 N–H and O–H groups in total. The molecular weight excluding hydrogens is 408 g/mol. The van der Waals surface area contributed by atoms with Crippen LogP contribution in [-0.2, 0) is 4.79 Å². The number of aliphatic hydroxyl groups excluding tert-OH is 1. The summed E-state index contributed by atoms with van der Waals surface area (Å²) < 4.78 is 0. The molecule has 0 spiro atoms. The standard InChI is InChI=1S/C30H48O3/c1-19(9-12-25(32)27(4,5)33)20-13-17-30(8)22-10-11-23-26(2,3)24(31)15-16-28(23,6)21(22)14-18-29(20,30)7/h10,14,19-20,23,25,32-33H,9,11-13,15-18H2,1-8H3/t19-,20-,23-,25+,28-,29-,30+/m1/s1. The molecule has 0 saturated heterocycles. The van der Waals surface area contributed by atoms with Crippen molar-refractivity contribution in [2.75, 3.05) is 0 Å². The monoisotopic (exact) mass is 456 g/mol. The summed E-state index contributed by atoms with van der Waals surface area (Å²) in [5.41, 5.74) is 2.36. The van der Waals surface area contributed by atoms with Crippen molar-refractivity contribution in [2.24, 2.45) is 39.4 Å². The zero-order chi connectivity index (χ0) is 24.6. The summed E-state index contributed by atoms with van der Waals surface area (Å²) >= 11 is 0. The van der Waals surface area contributed by atoms with Gasteiger partial charge >= 0.3 is 0 Å². The van der Waals surface area contributed by atoms with Crippen LogP contribution in [0.2, 0.25) is 0 Å². The van der Waals surface area contributed by atoms with Gasteiger partial charge in [-0.2, -0.15) is 0 Å². The first kappa shape index (κ1) is 25.2. The molecule has 0 aromatic carbocycles. The molecule has 0 aromatic rings.